The van der Waals surface area contributed by atoms with Gasteiger partial charge in [0.05, 0.1) is 5.75 Å². The highest BCUT2D eigenvalue weighted by Gasteiger charge is 2.20. The highest BCUT2D eigenvalue weighted by molar-refractivity contribution is 7.91. The fourth-order valence-electron chi connectivity index (χ4n) is 2.43. The van der Waals surface area contributed by atoms with Crippen LogP contribution in [-0.4, -0.2) is 29.4 Å². The van der Waals surface area contributed by atoms with Crippen molar-refractivity contribution in [2.75, 3.05) is 11.1 Å². The first kappa shape index (κ1) is 23.1. The quantitative estimate of drug-likeness (QED) is 0.393. The number of hydrogen-bond donors (Lipinski definition) is 1. The summed E-state index contributed by atoms with van der Waals surface area (Å²) in [6, 6.07) is 14.6. The molecular formula is C21H17FN4O4S2. The number of nitrogens with one attached hydrogen (secondary N) is 1. The fourth-order valence-corrected chi connectivity index (χ4v) is 4.02. The molecule has 0 saturated carbocycles. The van der Waals surface area contributed by atoms with E-state index < -0.39 is 15.7 Å². The van der Waals surface area contributed by atoms with Gasteiger partial charge in [-0.15, -0.1) is 0 Å². The molecule has 0 aliphatic heterocycles. The summed E-state index contributed by atoms with van der Waals surface area (Å²) in [6.45, 7) is 1.52. The lowest BCUT2D eigenvalue weighted by molar-refractivity contribution is -0.112. The summed E-state index contributed by atoms with van der Waals surface area (Å²) in [4.78, 5) is 16.1. The number of halogens is 1. The normalized spacial score (nSPS) is 11.6. The predicted molar refractivity (Wildman–Crippen MR) is 117 cm³/mol. The number of aromatic nitrogens is 2. The Labute approximate surface area is 188 Å². The number of benzene rings is 2. The van der Waals surface area contributed by atoms with E-state index in [1.807, 2.05) is 0 Å². The number of sulfone groups is 1. The van der Waals surface area contributed by atoms with Gasteiger partial charge in [-0.3, -0.25) is 10.1 Å². The average molecular weight is 473 g/mol. The van der Waals surface area contributed by atoms with Crippen LogP contribution in [0.2, 0.25) is 0 Å². The number of ether oxygens (including phenoxy) is 1. The van der Waals surface area contributed by atoms with Crippen LogP contribution < -0.4 is 10.1 Å². The van der Waals surface area contributed by atoms with Gasteiger partial charge >= 0.3 is 0 Å². The van der Waals surface area contributed by atoms with E-state index >= 15 is 0 Å². The first-order valence-electron chi connectivity index (χ1n) is 9.28. The molecule has 3 aromatic rings. The molecule has 1 heterocycles. The maximum Gasteiger partial charge on any atom is 0.268 e. The van der Waals surface area contributed by atoms with Crippen LogP contribution in [0.1, 0.15) is 18.1 Å². The van der Waals surface area contributed by atoms with E-state index in [0.717, 1.165) is 0 Å². The molecule has 2 aromatic carbocycles. The van der Waals surface area contributed by atoms with Crippen molar-refractivity contribution in [1.82, 2.24) is 9.36 Å². The largest absolute Gasteiger partial charge is 0.489 e. The zero-order valence-electron chi connectivity index (χ0n) is 16.8. The van der Waals surface area contributed by atoms with Gasteiger partial charge in [-0.1, -0.05) is 37.3 Å². The van der Waals surface area contributed by atoms with Gasteiger partial charge in [-0.25, -0.2) is 12.8 Å². The third kappa shape index (κ3) is 5.75. The molecule has 164 valence electrons. The fraction of sp³-hybridized carbons (Fsp3) is 0.143. The highest BCUT2D eigenvalue weighted by atomic mass is 32.2. The molecular weight excluding hydrogens is 455 g/mol. The lowest BCUT2D eigenvalue weighted by Gasteiger charge is -2.07. The van der Waals surface area contributed by atoms with E-state index in [9.17, 15) is 22.9 Å². The molecule has 0 aliphatic rings. The van der Waals surface area contributed by atoms with Gasteiger partial charge in [0.15, 0.2) is 0 Å². The van der Waals surface area contributed by atoms with Crippen LogP contribution in [0.25, 0.3) is 6.08 Å². The number of anilines is 1. The second kappa shape index (κ2) is 10.1. The molecule has 0 atom stereocenters. The van der Waals surface area contributed by atoms with E-state index in [4.69, 9.17) is 4.74 Å². The number of nitrogens with zero attached hydrogens (tertiary/aromatic N) is 3. The van der Waals surface area contributed by atoms with Crippen molar-refractivity contribution in [3.8, 4) is 11.8 Å². The zero-order valence-corrected chi connectivity index (χ0v) is 18.4. The third-order valence-corrected chi connectivity index (χ3v) is 6.44. The molecule has 8 nitrogen and oxygen atoms in total. The summed E-state index contributed by atoms with van der Waals surface area (Å²) in [5, 5.41) is 11.3. The summed E-state index contributed by atoms with van der Waals surface area (Å²) >= 11 is 0.709. The van der Waals surface area contributed by atoms with Crippen LogP contribution in [0.3, 0.4) is 0 Å². The van der Waals surface area contributed by atoms with E-state index in [2.05, 4.69) is 14.7 Å². The molecule has 32 heavy (non-hydrogen) atoms. The molecule has 1 amide bonds. The molecule has 1 aromatic heterocycles. The summed E-state index contributed by atoms with van der Waals surface area (Å²) < 4.78 is 46.5. The first-order valence-corrected chi connectivity index (χ1v) is 11.7. The van der Waals surface area contributed by atoms with Gasteiger partial charge < -0.3 is 4.74 Å². The third-order valence-electron chi connectivity index (χ3n) is 4.19. The number of hydrogen-bond acceptors (Lipinski definition) is 8. The van der Waals surface area contributed by atoms with Crippen LogP contribution in [0, 0.1) is 17.1 Å². The Morgan fingerprint density at radius 3 is 2.62 bits per heavy atom. The molecule has 0 aliphatic carbocycles. The Morgan fingerprint density at radius 1 is 1.25 bits per heavy atom. The van der Waals surface area contributed by atoms with Gasteiger partial charge in [-0.05, 0) is 29.8 Å². The van der Waals surface area contributed by atoms with E-state index in [0.29, 0.717) is 28.4 Å². The predicted octanol–water partition coefficient (Wildman–Crippen LogP) is 3.60. The second-order valence-corrected chi connectivity index (χ2v) is 9.28. The van der Waals surface area contributed by atoms with Crippen molar-refractivity contribution in [3.63, 3.8) is 0 Å². The molecule has 11 heteroatoms. The topological polar surface area (TPSA) is 122 Å². The molecule has 1 N–H and O–H groups in total. The minimum Gasteiger partial charge on any atom is -0.489 e. The molecule has 3 rings (SSSR count). The molecule has 0 saturated heterocycles. The van der Waals surface area contributed by atoms with Crippen molar-refractivity contribution in [3.05, 3.63) is 71.0 Å². The Bertz CT molecular complexity index is 1300. The van der Waals surface area contributed by atoms with Gasteiger partial charge in [0.25, 0.3) is 11.1 Å². The van der Waals surface area contributed by atoms with Crippen LogP contribution in [0.4, 0.5) is 9.52 Å². The van der Waals surface area contributed by atoms with Gasteiger partial charge in [-0.2, -0.15) is 14.6 Å². The Morgan fingerprint density at radius 2 is 1.97 bits per heavy atom. The van der Waals surface area contributed by atoms with Crippen molar-refractivity contribution in [2.45, 2.75) is 18.7 Å². The molecule has 0 unspecified atom stereocenters. The Balaban J connectivity index is 1.66. The second-order valence-electron chi connectivity index (χ2n) is 6.36. The number of rotatable bonds is 8. The number of carbonyl (C=O) groups is 1. The van der Waals surface area contributed by atoms with E-state index in [1.165, 1.54) is 19.1 Å². The van der Waals surface area contributed by atoms with Crippen molar-refractivity contribution in [1.29, 1.82) is 5.26 Å². The Hall–Kier alpha value is -3.62. The molecule has 0 spiro atoms. The first-order chi connectivity index (χ1) is 15.3. The summed E-state index contributed by atoms with van der Waals surface area (Å²) in [7, 11) is -3.59. The molecule has 0 radical (unpaired) electrons. The maximum absolute atomic E-state index is 13.7. The standard InChI is InChI=1S/C21H17FN4O4S2/c1-2-32(28,29)21-25-20(31-26-21)24-19(27)16(12-23)11-14-7-9-17(10-8-14)30-13-15-5-3-4-6-18(15)22/h3-11H,2,13H2,1H3,(H,24,25,26,27). The van der Waals surface area contributed by atoms with E-state index in [1.54, 1.807) is 48.5 Å². The maximum atomic E-state index is 13.7. The van der Waals surface area contributed by atoms with Gasteiger partial charge in [0, 0.05) is 17.1 Å². The monoisotopic (exact) mass is 472 g/mol. The lowest BCUT2D eigenvalue weighted by Crippen LogP contribution is -2.13. The molecule has 0 fully saturated rings. The van der Waals surface area contributed by atoms with Crippen molar-refractivity contribution >= 4 is 38.5 Å². The lowest BCUT2D eigenvalue weighted by atomic mass is 10.1. The van der Waals surface area contributed by atoms with Crippen molar-refractivity contribution < 1.29 is 22.3 Å². The number of carbonyl (C=O) groups excluding carboxylic acids is 1. The van der Waals surface area contributed by atoms with Crippen LogP contribution in [-0.2, 0) is 21.2 Å². The van der Waals surface area contributed by atoms with Gasteiger partial charge in [0.2, 0.25) is 15.0 Å². The molecule has 0 bridgehead atoms. The summed E-state index contributed by atoms with van der Waals surface area (Å²) in [6.07, 6.45) is 1.36. The number of amides is 1. The Kier molecular flexibility index (Phi) is 7.29. The summed E-state index contributed by atoms with van der Waals surface area (Å²) in [5.41, 5.74) is 0.771. The SMILES string of the molecule is CCS(=O)(=O)c1nsc(NC(=O)C(C#N)=Cc2ccc(OCc3ccccc3F)cc2)n1. The highest BCUT2D eigenvalue weighted by Crippen LogP contribution is 2.19. The van der Waals surface area contributed by atoms with Crippen LogP contribution in [0.5, 0.6) is 5.75 Å². The average Bonchev–Trinajstić information content (AvgIpc) is 3.27. The van der Waals surface area contributed by atoms with Crippen molar-refractivity contribution in [2.24, 2.45) is 0 Å². The minimum atomic E-state index is -3.59. The van der Waals surface area contributed by atoms with Crippen LogP contribution >= 0.6 is 11.5 Å². The smallest absolute Gasteiger partial charge is 0.268 e. The zero-order chi connectivity index (χ0) is 23.1. The van der Waals surface area contributed by atoms with Gasteiger partial charge in [0.1, 0.15) is 29.8 Å². The number of nitriles is 1. The minimum absolute atomic E-state index is 0.0277. The van der Waals surface area contributed by atoms with E-state index in [-0.39, 0.29) is 34.0 Å². The summed E-state index contributed by atoms with van der Waals surface area (Å²) in [5.74, 6) is -0.775. The van der Waals surface area contributed by atoms with Crippen LogP contribution in [0.15, 0.2) is 59.3 Å².